The van der Waals surface area contributed by atoms with E-state index in [1.807, 2.05) is 68.4 Å². The summed E-state index contributed by atoms with van der Waals surface area (Å²) in [4.78, 5) is 35.3. The minimum absolute atomic E-state index is 0.0783. The van der Waals surface area contributed by atoms with Gasteiger partial charge in [0.2, 0.25) is 0 Å². The molecule has 2 aromatic carbocycles. The molecule has 4 aromatic rings. The number of anilines is 1. The molecule has 2 heterocycles. The summed E-state index contributed by atoms with van der Waals surface area (Å²) in [6.45, 7) is 6.61. The molecule has 0 aliphatic carbocycles. The first kappa shape index (κ1) is 27.4. The summed E-state index contributed by atoms with van der Waals surface area (Å²) in [6, 6.07) is 20.6. The lowest BCUT2D eigenvalue weighted by Crippen LogP contribution is -2.28. The molecule has 38 heavy (non-hydrogen) atoms. The molecule has 0 atom stereocenters. The lowest BCUT2D eigenvalue weighted by Gasteiger charge is -2.19. The van der Waals surface area contributed by atoms with Crippen molar-refractivity contribution in [2.24, 2.45) is 0 Å². The van der Waals surface area contributed by atoms with Gasteiger partial charge in [0.15, 0.2) is 5.13 Å². The molecule has 0 unspecified atom stereocenters. The van der Waals surface area contributed by atoms with Crippen molar-refractivity contribution in [3.63, 3.8) is 0 Å². The van der Waals surface area contributed by atoms with E-state index < -0.39 is 0 Å². The largest absolute Gasteiger partial charge is 0.308 e. The van der Waals surface area contributed by atoms with Crippen LogP contribution < -0.4 is 10.9 Å². The summed E-state index contributed by atoms with van der Waals surface area (Å²) in [6.07, 6.45) is 0. The molecule has 0 radical (unpaired) electrons. The van der Waals surface area contributed by atoms with Crippen LogP contribution in [0.25, 0.3) is 21.8 Å². The zero-order valence-electron chi connectivity index (χ0n) is 22.5. The molecule has 2 aromatic heterocycles. The quantitative estimate of drug-likeness (QED) is 0.315. The highest BCUT2D eigenvalue weighted by molar-refractivity contribution is 7.19. The SMILES string of the molecule is CC(C)n1nc(-c2sc(NC(=O)c3ccc(CN(C)CCN(C)C)cc3)nc2-c2ccccc2)ccc1=O. The fourth-order valence-corrected chi connectivity index (χ4v) is 4.90. The van der Waals surface area contributed by atoms with Gasteiger partial charge in [-0.2, -0.15) is 5.10 Å². The van der Waals surface area contributed by atoms with Crippen molar-refractivity contribution in [2.45, 2.75) is 26.4 Å². The Kier molecular flexibility index (Phi) is 8.83. The number of likely N-dealkylation sites (N-methyl/N-ethyl adjacent to an activating group) is 2. The van der Waals surface area contributed by atoms with Crippen LogP contribution in [0.1, 0.15) is 35.8 Å². The van der Waals surface area contributed by atoms with Gasteiger partial charge in [0.25, 0.3) is 11.5 Å². The predicted octanol–water partition coefficient (Wildman–Crippen LogP) is 4.86. The minimum atomic E-state index is -0.225. The van der Waals surface area contributed by atoms with Crippen LogP contribution in [0.2, 0.25) is 0 Å². The van der Waals surface area contributed by atoms with Gasteiger partial charge in [-0.1, -0.05) is 53.8 Å². The maximum atomic E-state index is 13.1. The maximum absolute atomic E-state index is 13.1. The number of nitrogens with one attached hydrogen (secondary N) is 1. The molecule has 0 saturated heterocycles. The number of aromatic nitrogens is 3. The van der Waals surface area contributed by atoms with Crippen LogP contribution in [-0.2, 0) is 6.54 Å². The molecule has 0 bridgehead atoms. The molecule has 0 spiro atoms. The molecule has 0 saturated carbocycles. The van der Waals surface area contributed by atoms with Gasteiger partial charge in [-0.3, -0.25) is 14.9 Å². The van der Waals surface area contributed by atoms with Crippen molar-refractivity contribution in [3.05, 3.63) is 88.2 Å². The smallest absolute Gasteiger partial charge is 0.267 e. The van der Waals surface area contributed by atoms with Crippen molar-refractivity contribution in [1.29, 1.82) is 0 Å². The molecular weight excluding hydrogens is 496 g/mol. The zero-order valence-corrected chi connectivity index (χ0v) is 23.3. The Morgan fingerprint density at radius 3 is 2.34 bits per heavy atom. The number of thiazole rings is 1. The minimum Gasteiger partial charge on any atom is -0.308 e. The first-order valence-electron chi connectivity index (χ1n) is 12.6. The van der Waals surface area contributed by atoms with E-state index in [2.05, 4.69) is 41.4 Å². The van der Waals surface area contributed by atoms with Crippen molar-refractivity contribution in [3.8, 4) is 21.8 Å². The molecule has 0 aliphatic rings. The van der Waals surface area contributed by atoms with Crippen LogP contribution >= 0.6 is 11.3 Å². The third kappa shape index (κ3) is 6.80. The van der Waals surface area contributed by atoms with Crippen molar-refractivity contribution < 1.29 is 4.79 Å². The number of amides is 1. The van der Waals surface area contributed by atoms with Gasteiger partial charge in [0.05, 0.1) is 16.6 Å². The van der Waals surface area contributed by atoms with Crippen LogP contribution in [0.3, 0.4) is 0 Å². The third-order valence-corrected chi connectivity index (χ3v) is 7.03. The number of nitrogens with zero attached hydrogens (tertiary/aromatic N) is 5. The summed E-state index contributed by atoms with van der Waals surface area (Å²) < 4.78 is 1.46. The summed E-state index contributed by atoms with van der Waals surface area (Å²) in [5, 5.41) is 8.02. The van der Waals surface area contributed by atoms with Gasteiger partial charge in [-0.15, -0.1) is 0 Å². The van der Waals surface area contributed by atoms with Crippen LogP contribution in [0.5, 0.6) is 0 Å². The molecular formula is C29H34N6O2S. The number of carbonyl (C=O) groups excluding carboxylic acids is 1. The second-order valence-corrected chi connectivity index (χ2v) is 10.8. The fraction of sp³-hybridized carbons (Fsp3) is 0.310. The van der Waals surface area contributed by atoms with E-state index >= 15 is 0 Å². The summed E-state index contributed by atoms with van der Waals surface area (Å²) >= 11 is 1.34. The highest BCUT2D eigenvalue weighted by atomic mass is 32.1. The summed E-state index contributed by atoms with van der Waals surface area (Å²) in [5.41, 5.74) is 3.81. The van der Waals surface area contributed by atoms with Gasteiger partial charge in [0, 0.05) is 36.8 Å². The molecule has 0 fully saturated rings. The molecule has 1 N–H and O–H groups in total. The molecule has 9 heteroatoms. The zero-order chi connectivity index (χ0) is 27.2. The average Bonchev–Trinajstić information content (AvgIpc) is 3.32. The average molecular weight is 531 g/mol. The molecule has 198 valence electrons. The first-order chi connectivity index (χ1) is 18.2. The van der Waals surface area contributed by atoms with Gasteiger partial charge in [-0.25, -0.2) is 9.67 Å². The molecule has 8 nitrogen and oxygen atoms in total. The van der Waals surface area contributed by atoms with E-state index in [9.17, 15) is 9.59 Å². The second-order valence-electron chi connectivity index (χ2n) is 9.85. The number of benzene rings is 2. The topological polar surface area (TPSA) is 83.4 Å². The van der Waals surface area contributed by atoms with Crippen molar-refractivity contribution in [2.75, 3.05) is 39.5 Å². The van der Waals surface area contributed by atoms with E-state index in [1.165, 1.54) is 22.1 Å². The van der Waals surface area contributed by atoms with E-state index in [1.54, 1.807) is 6.07 Å². The Balaban J connectivity index is 1.57. The van der Waals surface area contributed by atoms with Crippen molar-refractivity contribution >= 4 is 22.4 Å². The lowest BCUT2D eigenvalue weighted by atomic mass is 10.1. The first-order valence-corrected chi connectivity index (χ1v) is 13.4. The van der Waals surface area contributed by atoms with E-state index in [4.69, 9.17) is 4.98 Å². The normalized spacial score (nSPS) is 11.5. The Bertz CT molecular complexity index is 1430. The summed E-state index contributed by atoms with van der Waals surface area (Å²) in [5.74, 6) is -0.225. The van der Waals surface area contributed by atoms with Gasteiger partial charge in [0.1, 0.15) is 5.69 Å². The number of rotatable bonds is 10. The summed E-state index contributed by atoms with van der Waals surface area (Å²) in [7, 11) is 6.22. The standard InChI is InChI=1S/C29H34N6O2S/c1-20(2)35-25(36)16-15-24(32-35)27-26(22-9-7-6-8-10-22)30-29(38-27)31-28(37)23-13-11-21(12-14-23)19-34(5)18-17-33(3)4/h6-16,20H,17-19H2,1-5H3,(H,30,31,37). The number of hydrogen-bond donors (Lipinski definition) is 1. The Hall–Kier alpha value is -3.66. The Morgan fingerprint density at radius 2 is 1.68 bits per heavy atom. The van der Waals surface area contributed by atoms with Crippen LogP contribution in [0, 0.1) is 0 Å². The monoisotopic (exact) mass is 530 g/mol. The Morgan fingerprint density at radius 1 is 0.974 bits per heavy atom. The van der Waals surface area contributed by atoms with Gasteiger partial charge >= 0.3 is 0 Å². The highest BCUT2D eigenvalue weighted by Gasteiger charge is 2.19. The second kappa shape index (κ2) is 12.3. The predicted molar refractivity (Wildman–Crippen MR) is 155 cm³/mol. The van der Waals surface area contributed by atoms with E-state index in [0.29, 0.717) is 22.1 Å². The third-order valence-electron chi connectivity index (χ3n) is 6.04. The number of hydrogen-bond acceptors (Lipinski definition) is 7. The Labute approximate surface area is 227 Å². The maximum Gasteiger partial charge on any atom is 0.267 e. The van der Waals surface area contributed by atoms with Crippen LogP contribution in [0.4, 0.5) is 5.13 Å². The highest BCUT2D eigenvalue weighted by Crippen LogP contribution is 2.38. The fourth-order valence-electron chi connectivity index (χ4n) is 3.95. The van der Waals surface area contributed by atoms with E-state index in [0.717, 1.165) is 35.6 Å². The van der Waals surface area contributed by atoms with Gasteiger partial charge in [-0.05, 0) is 58.8 Å². The van der Waals surface area contributed by atoms with Crippen LogP contribution in [-0.4, -0.2) is 64.7 Å². The van der Waals surface area contributed by atoms with Crippen LogP contribution in [0.15, 0.2) is 71.5 Å². The van der Waals surface area contributed by atoms with Crippen molar-refractivity contribution in [1.82, 2.24) is 24.6 Å². The molecule has 1 amide bonds. The molecule has 4 rings (SSSR count). The number of carbonyl (C=O) groups is 1. The lowest BCUT2D eigenvalue weighted by molar-refractivity contribution is 0.102. The van der Waals surface area contributed by atoms with Gasteiger partial charge < -0.3 is 9.80 Å². The van der Waals surface area contributed by atoms with E-state index in [-0.39, 0.29) is 17.5 Å². The molecule has 0 aliphatic heterocycles.